The lowest BCUT2D eigenvalue weighted by Gasteiger charge is -2.63. The van der Waals surface area contributed by atoms with Gasteiger partial charge in [0.25, 0.3) is 0 Å². The maximum absolute atomic E-state index is 9.41. The first-order valence-corrected chi connectivity index (χ1v) is 6.57. The zero-order chi connectivity index (χ0) is 13.3. The van der Waals surface area contributed by atoms with Gasteiger partial charge >= 0.3 is 0 Å². The van der Waals surface area contributed by atoms with Crippen molar-refractivity contribution in [2.75, 3.05) is 26.3 Å². The molecule has 1 rings (SSSR count). The first-order valence-electron chi connectivity index (χ1n) is 6.57. The molecule has 0 unspecified atom stereocenters. The second-order valence-electron chi connectivity index (χ2n) is 6.66. The molecule has 0 aliphatic carbocycles. The number of hydrogen-bond donors (Lipinski definition) is 3. The van der Waals surface area contributed by atoms with E-state index in [9.17, 15) is 10.2 Å². The molecule has 17 heavy (non-hydrogen) atoms. The normalized spacial score (nSPS) is 27.0. The number of nitrogens with two attached hydrogens (primary N) is 1. The Balaban J connectivity index is 3.18. The number of aliphatic hydroxyl groups is 2. The molecule has 1 aliphatic heterocycles. The average Bonchev–Trinajstić information content (AvgIpc) is 2.12. The van der Waals surface area contributed by atoms with Crippen molar-refractivity contribution in [2.24, 2.45) is 5.73 Å². The van der Waals surface area contributed by atoms with Gasteiger partial charge in [-0.05, 0) is 27.7 Å². The quantitative estimate of drug-likeness (QED) is 0.631. The topological polar surface area (TPSA) is 66.5 Å². The van der Waals surface area contributed by atoms with E-state index in [0.29, 0.717) is 13.1 Å². The van der Waals surface area contributed by atoms with Gasteiger partial charge in [-0.25, -0.2) is 0 Å². The van der Waals surface area contributed by atoms with Crippen LogP contribution < -0.4 is 5.73 Å². The van der Waals surface area contributed by atoms with Crippen molar-refractivity contribution in [1.29, 1.82) is 0 Å². The molecule has 0 bridgehead atoms. The van der Waals surface area contributed by atoms with Crippen LogP contribution in [-0.2, 0) is 0 Å². The van der Waals surface area contributed by atoms with Crippen LogP contribution in [0.2, 0.25) is 0 Å². The lowest BCUT2D eigenvalue weighted by molar-refractivity contribution is -1.02. The molecule has 0 aromatic carbocycles. The van der Waals surface area contributed by atoms with Crippen molar-refractivity contribution in [1.82, 2.24) is 0 Å². The van der Waals surface area contributed by atoms with Gasteiger partial charge in [-0.2, -0.15) is 0 Å². The van der Waals surface area contributed by atoms with E-state index in [2.05, 4.69) is 27.7 Å². The number of hydrogen-bond acceptors (Lipinski definition) is 3. The van der Waals surface area contributed by atoms with Crippen molar-refractivity contribution in [3.8, 4) is 0 Å². The fourth-order valence-corrected chi connectivity index (χ4v) is 4.19. The predicted octanol–water partition coefficient (Wildman–Crippen LogP) is 0.466. The number of aliphatic hydroxyl groups excluding tert-OH is 2. The zero-order valence-electron chi connectivity index (χ0n) is 11.7. The molecule has 0 spiro atoms. The maximum Gasteiger partial charge on any atom is 0.103 e. The molecule has 0 aromatic rings. The third kappa shape index (κ3) is 2.36. The Morgan fingerprint density at radius 1 is 1.00 bits per heavy atom. The number of quaternary nitrogens is 1. The smallest absolute Gasteiger partial charge is 0.103 e. The number of likely N-dealkylation sites (tertiary alicyclic amines) is 1. The van der Waals surface area contributed by atoms with Crippen LogP contribution in [0.4, 0.5) is 0 Å². The van der Waals surface area contributed by atoms with Crippen LogP contribution in [0, 0.1) is 0 Å². The van der Waals surface area contributed by atoms with Gasteiger partial charge in [0, 0.05) is 18.9 Å². The third-order valence-electron chi connectivity index (χ3n) is 4.80. The molecule has 102 valence electrons. The van der Waals surface area contributed by atoms with Crippen molar-refractivity contribution < 1.29 is 14.7 Å². The summed E-state index contributed by atoms with van der Waals surface area (Å²) in [5, 5.41) is 18.8. The highest BCUT2D eigenvalue weighted by Gasteiger charge is 2.57. The summed E-state index contributed by atoms with van der Waals surface area (Å²) in [6.45, 7) is 10.5. The third-order valence-corrected chi connectivity index (χ3v) is 4.80. The van der Waals surface area contributed by atoms with Crippen LogP contribution in [0.25, 0.3) is 0 Å². The van der Waals surface area contributed by atoms with Crippen LogP contribution in [0.15, 0.2) is 0 Å². The van der Waals surface area contributed by atoms with Crippen LogP contribution in [0.1, 0.15) is 40.5 Å². The summed E-state index contributed by atoms with van der Waals surface area (Å²) in [4.78, 5) is 0. The lowest BCUT2D eigenvalue weighted by Crippen LogP contribution is -2.77. The van der Waals surface area contributed by atoms with Crippen LogP contribution in [-0.4, -0.2) is 58.1 Å². The summed E-state index contributed by atoms with van der Waals surface area (Å²) < 4.78 is 0.751. The highest BCUT2D eigenvalue weighted by atomic mass is 16.3. The first kappa shape index (κ1) is 14.9. The van der Waals surface area contributed by atoms with Gasteiger partial charge in [0.1, 0.15) is 13.1 Å². The lowest BCUT2D eigenvalue weighted by atomic mass is 9.73. The largest absolute Gasteiger partial charge is 0.391 e. The fourth-order valence-electron chi connectivity index (χ4n) is 4.19. The minimum atomic E-state index is -0.00731. The van der Waals surface area contributed by atoms with Crippen LogP contribution >= 0.6 is 0 Å². The molecule has 4 nitrogen and oxygen atoms in total. The summed E-state index contributed by atoms with van der Waals surface area (Å²) in [6.07, 6.45) is 1.88. The molecular weight excluding hydrogens is 216 g/mol. The number of nitrogens with zero attached hydrogens (tertiary/aromatic N) is 1. The second-order valence-corrected chi connectivity index (χ2v) is 6.66. The fraction of sp³-hybridized carbons (Fsp3) is 1.00. The summed E-state index contributed by atoms with van der Waals surface area (Å²) in [6, 6.07) is 0.212. The van der Waals surface area contributed by atoms with E-state index in [4.69, 9.17) is 5.73 Å². The summed E-state index contributed by atoms with van der Waals surface area (Å²) in [5.41, 5.74) is 6.15. The van der Waals surface area contributed by atoms with E-state index in [0.717, 1.165) is 17.3 Å². The average molecular weight is 245 g/mol. The second kappa shape index (κ2) is 4.84. The Morgan fingerprint density at radius 3 is 1.65 bits per heavy atom. The Bertz CT molecular complexity index is 238. The van der Waals surface area contributed by atoms with Crippen molar-refractivity contribution in [2.45, 2.75) is 57.7 Å². The van der Waals surface area contributed by atoms with Gasteiger partial charge in [0.05, 0.1) is 24.3 Å². The van der Waals surface area contributed by atoms with Crippen molar-refractivity contribution in [3.05, 3.63) is 0 Å². The molecule has 4 N–H and O–H groups in total. The Morgan fingerprint density at radius 2 is 1.35 bits per heavy atom. The minimum Gasteiger partial charge on any atom is -0.391 e. The van der Waals surface area contributed by atoms with Gasteiger partial charge in [0.2, 0.25) is 0 Å². The van der Waals surface area contributed by atoms with E-state index in [-0.39, 0.29) is 30.3 Å². The molecule has 1 saturated heterocycles. The van der Waals surface area contributed by atoms with Crippen molar-refractivity contribution in [3.63, 3.8) is 0 Å². The van der Waals surface area contributed by atoms with Gasteiger partial charge < -0.3 is 20.4 Å². The van der Waals surface area contributed by atoms with E-state index >= 15 is 0 Å². The predicted molar refractivity (Wildman–Crippen MR) is 69.5 cm³/mol. The molecule has 1 fully saturated rings. The van der Waals surface area contributed by atoms with E-state index in [1.807, 2.05) is 0 Å². The van der Waals surface area contributed by atoms with Crippen LogP contribution in [0.3, 0.4) is 0 Å². The highest BCUT2D eigenvalue weighted by molar-refractivity contribution is 4.92. The Labute approximate surface area is 105 Å². The molecular formula is C13H29N2O2+. The Kier molecular flexibility index (Phi) is 4.24. The molecule has 0 aromatic heterocycles. The molecule has 0 atom stereocenters. The molecule has 1 heterocycles. The highest BCUT2D eigenvalue weighted by Crippen LogP contribution is 2.44. The summed E-state index contributed by atoms with van der Waals surface area (Å²) in [7, 11) is 0. The monoisotopic (exact) mass is 245 g/mol. The van der Waals surface area contributed by atoms with Gasteiger partial charge in [0.15, 0.2) is 0 Å². The minimum absolute atomic E-state index is 0.00731. The van der Waals surface area contributed by atoms with Gasteiger partial charge in [-0.1, -0.05) is 0 Å². The molecule has 4 heteroatoms. The molecule has 0 amide bonds. The van der Waals surface area contributed by atoms with Crippen LogP contribution in [0.5, 0.6) is 0 Å². The number of rotatable bonds is 4. The maximum atomic E-state index is 9.41. The Hall–Kier alpha value is -0.160. The summed E-state index contributed by atoms with van der Waals surface area (Å²) in [5.74, 6) is 0. The summed E-state index contributed by atoms with van der Waals surface area (Å²) >= 11 is 0. The molecule has 1 aliphatic rings. The molecule has 0 saturated carbocycles. The van der Waals surface area contributed by atoms with E-state index < -0.39 is 0 Å². The number of piperidine rings is 1. The van der Waals surface area contributed by atoms with E-state index in [1.54, 1.807) is 0 Å². The zero-order valence-corrected chi connectivity index (χ0v) is 11.7. The SMILES string of the molecule is CC1(C)CC(N)CC(C)(C)[N+]1(CCO)CCO. The van der Waals surface area contributed by atoms with Crippen molar-refractivity contribution >= 4 is 0 Å². The first-order chi connectivity index (χ1) is 7.72. The van der Waals surface area contributed by atoms with E-state index in [1.165, 1.54) is 0 Å². The van der Waals surface area contributed by atoms with Gasteiger partial charge in [-0.15, -0.1) is 0 Å². The molecule has 0 radical (unpaired) electrons. The standard InChI is InChI=1S/C13H29N2O2/c1-12(2)9-11(14)10-13(3,4)15(12,5-7-16)6-8-17/h11,16-17H,5-10,14H2,1-4H3/q+1. The van der Waals surface area contributed by atoms with Gasteiger partial charge in [-0.3, -0.25) is 0 Å².